The molecule has 2 aromatic heterocycles. The van der Waals surface area contributed by atoms with E-state index in [9.17, 15) is 9.18 Å². The summed E-state index contributed by atoms with van der Waals surface area (Å²) in [5.41, 5.74) is 2.73. The Morgan fingerprint density at radius 1 is 1.36 bits per heavy atom. The van der Waals surface area contributed by atoms with Gasteiger partial charge in [0.2, 0.25) is 0 Å². The predicted octanol–water partition coefficient (Wildman–Crippen LogP) is 3.23. The second-order valence-corrected chi connectivity index (χ2v) is 5.93. The second kappa shape index (κ2) is 6.49. The van der Waals surface area contributed by atoms with E-state index in [0.29, 0.717) is 16.9 Å². The highest BCUT2D eigenvalue weighted by molar-refractivity contribution is 6.30. The van der Waals surface area contributed by atoms with E-state index in [1.54, 1.807) is 19.1 Å². The molecule has 1 aromatic carbocycles. The first-order chi connectivity index (χ1) is 11.9. The Hall–Kier alpha value is -2.98. The maximum atomic E-state index is 13.4. The van der Waals surface area contributed by atoms with Gasteiger partial charge in [-0.05, 0) is 38.1 Å². The first-order valence-corrected chi connectivity index (χ1v) is 7.75. The third-order valence-corrected chi connectivity index (χ3v) is 4.12. The largest absolute Gasteiger partial charge is 0.318 e. The van der Waals surface area contributed by atoms with E-state index in [-0.39, 0.29) is 23.2 Å². The Balaban J connectivity index is 1.94. The molecule has 0 bridgehead atoms. The topological polar surface area (TPSA) is 76.5 Å². The van der Waals surface area contributed by atoms with Gasteiger partial charge in [-0.15, -0.1) is 5.10 Å². The van der Waals surface area contributed by atoms with Crippen molar-refractivity contribution in [1.82, 2.24) is 19.3 Å². The van der Waals surface area contributed by atoms with E-state index in [4.69, 9.17) is 16.9 Å². The number of rotatable bonds is 4. The van der Waals surface area contributed by atoms with Gasteiger partial charge in [-0.3, -0.25) is 4.79 Å². The lowest BCUT2D eigenvalue weighted by molar-refractivity contribution is 0.0967. The molecule has 25 heavy (non-hydrogen) atoms. The molecule has 0 radical (unpaired) electrons. The van der Waals surface area contributed by atoms with Crippen LogP contribution in [0.25, 0.3) is 5.69 Å². The zero-order valence-electron chi connectivity index (χ0n) is 13.5. The molecular formula is C17H13ClFN5O. The van der Waals surface area contributed by atoms with E-state index >= 15 is 0 Å². The zero-order valence-corrected chi connectivity index (χ0v) is 14.3. The number of hydrogen-bond acceptors (Lipinski definition) is 4. The van der Waals surface area contributed by atoms with Gasteiger partial charge in [0, 0.05) is 22.6 Å². The highest BCUT2D eigenvalue weighted by Crippen LogP contribution is 2.25. The molecule has 0 N–H and O–H groups in total. The predicted molar refractivity (Wildman–Crippen MR) is 89.3 cm³/mol. The molecule has 0 atom stereocenters. The van der Waals surface area contributed by atoms with Crippen LogP contribution in [0.4, 0.5) is 4.39 Å². The maximum Gasteiger partial charge on any atom is 0.252 e. The van der Waals surface area contributed by atoms with Crippen LogP contribution in [0, 0.1) is 31.0 Å². The summed E-state index contributed by atoms with van der Waals surface area (Å²) >= 11 is 5.86. The molecule has 0 saturated heterocycles. The number of carbonyl (C=O) groups excluding carboxylic acids is 1. The first-order valence-electron chi connectivity index (χ1n) is 7.38. The first kappa shape index (κ1) is 16.9. The molecule has 3 rings (SSSR count). The Morgan fingerprint density at radius 2 is 2.12 bits per heavy atom. The summed E-state index contributed by atoms with van der Waals surface area (Å²) in [6.07, 6.45) is 1.34. The molecule has 0 aliphatic heterocycles. The number of benzene rings is 1. The van der Waals surface area contributed by atoms with Crippen molar-refractivity contribution in [3.05, 3.63) is 64.2 Å². The Kier molecular flexibility index (Phi) is 4.38. The maximum absolute atomic E-state index is 13.4. The minimum absolute atomic E-state index is 0.0132. The van der Waals surface area contributed by atoms with Gasteiger partial charge in [-0.1, -0.05) is 11.6 Å². The number of ketones is 1. The lowest BCUT2D eigenvalue weighted by atomic mass is 10.1. The van der Waals surface area contributed by atoms with Crippen LogP contribution in [0.2, 0.25) is 5.02 Å². The van der Waals surface area contributed by atoms with Crippen LogP contribution >= 0.6 is 11.6 Å². The number of Topliss-reactive ketones (excluding diaryl/α,β-unsaturated/α-hetero) is 1. The van der Waals surface area contributed by atoms with Gasteiger partial charge in [0.25, 0.3) is 5.82 Å². The molecule has 0 amide bonds. The van der Waals surface area contributed by atoms with Gasteiger partial charge < -0.3 is 4.57 Å². The van der Waals surface area contributed by atoms with Gasteiger partial charge in [0.1, 0.15) is 24.8 Å². The average molecular weight is 358 g/mol. The van der Waals surface area contributed by atoms with Crippen molar-refractivity contribution in [3.8, 4) is 11.8 Å². The summed E-state index contributed by atoms with van der Waals surface area (Å²) in [5, 5.41) is 12.6. The Morgan fingerprint density at radius 3 is 2.76 bits per heavy atom. The summed E-state index contributed by atoms with van der Waals surface area (Å²) in [5.74, 6) is -0.648. The smallest absolute Gasteiger partial charge is 0.252 e. The van der Waals surface area contributed by atoms with Gasteiger partial charge in [-0.25, -0.2) is 14.1 Å². The standard InChI is InChI=1S/C17H13ClFN5O/c1-10-5-13(16(25)8-23-9-21-17(7-20)22-23)11(2)24(10)12-3-4-15(19)14(18)6-12/h3-6,9H,8H2,1-2H3. The molecule has 8 heteroatoms. The number of halogens is 2. The van der Waals surface area contributed by atoms with Crippen molar-refractivity contribution >= 4 is 17.4 Å². The van der Waals surface area contributed by atoms with Crippen molar-refractivity contribution in [3.63, 3.8) is 0 Å². The van der Waals surface area contributed by atoms with E-state index < -0.39 is 5.82 Å². The van der Waals surface area contributed by atoms with Crippen LogP contribution in [-0.4, -0.2) is 25.1 Å². The SMILES string of the molecule is Cc1cc(C(=O)Cn2cnc(C#N)n2)c(C)n1-c1ccc(F)c(Cl)c1. The highest BCUT2D eigenvalue weighted by Gasteiger charge is 2.18. The Labute approximate surface area is 148 Å². The molecule has 0 fully saturated rings. The number of nitrogens with zero attached hydrogens (tertiary/aromatic N) is 5. The van der Waals surface area contributed by atoms with Crippen LogP contribution < -0.4 is 0 Å². The molecule has 0 aliphatic rings. The quantitative estimate of drug-likeness (QED) is 0.672. The van der Waals surface area contributed by atoms with E-state index in [1.807, 2.05) is 17.6 Å². The van der Waals surface area contributed by atoms with Gasteiger partial charge in [-0.2, -0.15) is 5.26 Å². The summed E-state index contributed by atoms with van der Waals surface area (Å²) in [7, 11) is 0. The molecule has 126 valence electrons. The van der Waals surface area contributed by atoms with Gasteiger partial charge in [0.05, 0.1) is 5.02 Å². The fraction of sp³-hybridized carbons (Fsp3) is 0.176. The summed E-state index contributed by atoms with van der Waals surface area (Å²) in [6, 6.07) is 7.98. The van der Waals surface area contributed by atoms with E-state index in [1.165, 1.54) is 23.1 Å². The molecule has 3 aromatic rings. The van der Waals surface area contributed by atoms with E-state index in [0.717, 1.165) is 5.69 Å². The van der Waals surface area contributed by atoms with Gasteiger partial charge >= 0.3 is 0 Å². The summed E-state index contributed by atoms with van der Waals surface area (Å²) in [6.45, 7) is 3.63. The van der Waals surface area contributed by atoms with Crippen molar-refractivity contribution < 1.29 is 9.18 Å². The third kappa shape index (κ3) is 3.16. The average Bonchev–Trinajstić information content (AvgIpc) is 3.14. The van der Waals surface area contributed by atoms with Crippen molar-refractivity contribution in [2.45, 2.75) is 20.4 Å². The van der Waals surface area contributed by atoms with Crippen LogP contribution in [0.15, 0.2) is 30.6 Å². The minimum atomic E-state index is -0.497. The van der Waals surface area contributed by atoms with Gasteiger partial charge in [0.15, 0.2) is 5.78 Å². The van der Waals surface area contributed by atoms with Crippen molar-refractivity contribution in [2.24, 2.45) is 0 Å². The molecule has 0 spiro atoms. The number of hydrogen-bond donors (Lipinski definition) is 0. The fourth-order valence-corrected chi connectivity index (χ4v) is 2.90. The molecule has 6 nitrogen and oxygen atoms in total. The van der Waals surface area contributed by atoms with Crippen molar-refractivity contribution in [2.75, 3.05) is 0 Å². The zero-order chi connectivity index (χ0) is 18.1. The van der Waals surface area contributed by atoms with Crippen LogP contribution in [0.1, 0.15) is 27.6 Å². The summed E-state index contributed by atoms with van der Waals surface area (Å²) in [4.78, 5) is 16.4. The number of carbonyl (C=O) groups is 1. The summed E-state index contributed by atoms with van der Waals surface area (Å²) < 4.78 is 16.5. The number of aromatic nitrogens is 4. The lowest BCUT2D eigenvalue weighted by Crippen LogP contribution is -2.12. The van der Waals surface area contributed by atoms with E-state index in [2.05, 4.69) is 10.1 Å². The molecular weight excluding hydrogens is 345 g/mol. The second-order valence-electron chi connectivity index (χ2n) is 5.52. The minimum Gasteiger partial charge on any atom is -0.318 e. The normalized spacial score (nSPS) is 10.7. The molecule has 0 aliphatic carbocycles. The Bertz CT molecular complexity index is 1010. The van der Waals surface area contributed by atoms with Crippen LogP contribution in [0.3, 0.4) is 0 Å². The fourth-order valence-electron chi connectivity index (χ4n) is 2.72. The lowest BCUT2D eigenvalue weighted by Gasteiger charge is -2.10. The number of nitriles is 1. The van der Waals surface area contributed by atoms with Crippen LogP contribution in [-0.2, 0) is 6.54 Å². The molecule has 0 saturated carbocycles. The monoisotopic (exact) mass is 357 g/mol. The molecule has 2 heterocycles. The highest BCUT2D eigenvalue weighted by atomic mass is 35.5. The van der Waals surface area contributed by atoms with Crippen LogP contribution in [0.5, 0.6) is 0 Å². The third-order valence-electron chi connectivity index (χ3n) is 3.84. The van der Waals surface area contributed by atoms with Crippen molar-refractivity contribution in [1.29, 1.82) is 5.26 Å². The molecule has 0 unspecified atom stereocenters. The number of aryl methyl sites for hydroxylation is 1.